The summed E-state index contributed by atoms with van der Waals surface area (Å²) in [5.41, 5.74) is 4.23. The molecule has 2 aromatic carbocycles. The van der Waals surface area contributed by atoms with Crippen LogP contribution in [0.5, 0.6) is 0 Å². The maximum atomic E-state index is 10.9. The number of nitrogens with zero attached hydrogens (tertiary/aromatic N) is 1. The molecule has 0 heterocycles. The van der Waals surface area contributed by atoms with Crippen molar-refractivity contribution in [2.75, 3.05) is 0 Å². The van der Waals surface area contributed by atoms with Crippen LogP contribution >= 0.6 is 15.9 Å². The second-order valence-electron chi connectivity index (χ2n) is 5.01. The van der Waals surface area contributed by atoms with Crippen molar-refractivity contribution in [3.05, 3.63) is 73.2 Å². The molecule has 0 saturated heterocycles. The first-order valence-electron chi connectivity index (χ1n) is 6.67. The number of benzene rings is 2. The second-order valence-corrected chi connectivity index (χ2v) is 5.86. The number of nitro groups is 1. The third kappa shape index (κ3) is 3.89. The first-order valence-corrected chi connectivity index (χ1v) is 7.47. The maximum Gasteiger partial charge on any atom is 0.272 e. The van der Waals surface area contributed by atoms with E-state index in [1.807, 2.05) is 13.0 Å². The average molecular weight is 349 g/mol. The van der Waals surface area contributed by atoms with Crippen LogP contribution in [0.2, 0.25) is 0 Å². The Morgan fingerprint density at radius 2 is 1.95 bits per heavy atom. The predicted octanol–water partition coefficient (Wildman–Crippen LogP) is 4.26. The summed E-state index contributed by atoms with van der Waals surface area (Å²) < 4.78 is 1.09. The van der Waals surface area contributed by atoms with E-state index in [2.05, 4.69) is 39.4 Å². The Hall–Kier alpha value is -1.72. The van der Waals surface area contributed by atoms with Gasteiger partial charge in [-0.15, -0.1) is 0 Å². The van der Waals surface area contributed by atoms with Crippen LogP contribution in [-0.2, 0) is 13.1 Å². The molecule has 0 bridgehead atoms. The highest BCUT2D eigenvalue weighted by Crippen LogP contribution is 2.21. The van der Waals surface area contributed by atoms with E-state index >= 15 is 0 Å². The van der Waals surface area contributed by atoms with Crippen LogP contribution in [0.15, 0.2) is 40.9 Å². The van der Waals surface area contributed by atoms with E-state index < -0.39 is 0 Å². The predicted molar refractivity (Wildman–Crippen MR) is 87.3 cm³/mol. The van der Waals surface area contributed by atoms with Crippen LogP contribution in [0.25, 0.3) is 0 Å². The maximum absolute atomic E-state index is 10.9. The largest absolute Gasteiger partial charge is 0.309 e. The number of aryl methyl sites for hydroxylation is 1. The Labute approximate surface area is 132 Å². The fourth-order valence-electron chi connectivity index (χ4n) is 2.15. The summed E-state index contributed by atoms with van der Waals surface area (Å²) in [5.74, 6) is 0. The molecule has 2 rings (SSSR count). The number of nitrogens with one attached hydrogen (secondary N) is 1. The number of hydrogen-bond donors (Lipinski definition) is 1. The molecule has 5 heteroatoms. The molecule has 0 fully saturated rings. The minimum atomic E-state index is -0.337. The van der Waals surface area contributed by atoms with Crippen molar-refractivity contribution in [3.8, 4) is 0 Å². The zero-order chi connectivity index (χ0) is 15.4. The van der Waals surface area contributed by atoms with Crippen molar-refractivity contribution in [3.63, 3.8) is 0 Å². The van der Waals surface area contributed by atoms with Crippen molar-refractivity contribution in [1.82, 2.24) is 5.32 Å². The SMILES string of the molecule is Cc1ccc(CNCc2cccc([N+](=O)[O-])c2C)cc1Br. The molecule has 2 aromatic rings. The van der Waals surface area contributed by atoms with E-state index in [-0.39, 0.29) is 10.6 Å². The van der Waals surface area contributed by atoms with Gasteiger partial charge in [0.15, 0.2) is 0 Å². The van der Waals surface area contributed by atoms with Gasteiger partial charge in [-0.05, 0) is 36.6 Å². The lowest BCUT2D eigenvalue weighted by atomic mass is 10.1. The van der Waals surface area contributed by atoms with Gasteiger partial charge in [0.1, 0.15) is 0 Å². The van der Waals surface area contributed by atoms with Crippen LogP contribution in [0, 0.1) is 24.0 Å². The molecule has 21 heavy (non-hydrogen) atoms. The molecular formula is C16H17BrN2O2. The first-order chi connectivity index (χ1) is 9.99. The monoisotopic (exact) mass is 348 g/mol. The molecule has 110 valence electrons. The van der Waals surface area contributed by atoms with Crippen LogP contribution in [-0.4, -0.2) is 4.92 Å². The van der Waals surface area contributed by atoms with Gasteiger partial charge in [-0.3, -0.25) is 10.1 Å². The molecule has 0 aliphatic rings. The van der Waals surface area contributed by atoms with Crippen molar-refractivity contribution < 1.29 is 4.92 Å². The fraction of sp³-hybridized carbons (Fsp3) is 0.250. The Bertz CT molecular complexity index is 671. The summed E-state index contributed by atoms with van der Waals surface area (Å²) in [5, 5.41) is 14.2. The fourth-order valence-corrected chi connectivity index (χ4v) is 2.57. The number of rotatable bonds is 5. The van der Waals surface area contributed by atoms with Crippen molar-refractivity contribution in [2.45, 2.75) is 26.9 Å². The van der Waals surface area contributed by atoms with Gasteiger partial charge >= 0.3 is 0 Å². The van der Waals surface area contributed by atoms with E-state index in [4.69, 9.17) is 0 Å². The third-order valence-electron chi connectivity index (χ3n) is 3.49. The molecule has 0 aliphatic heterocycles. The van der Waals surface area contributed by atoms with Gasteiger partial charge in [0, 0.05) is 29.2 Å². The smallest absolute Gasteiger partial charge is 0.272 e. The normalized spacial score (nSPS) is 10.6. The molecule has 0 radical (unpaired) electrons. The highest BCUT2D eigenvalue weighted by atomic mass is 79.9. The Balaban J connectivity index is 2.02. The minimum Gasteiger partial charge on any atom is -0.309 e. The van der Waals surface area contributed by atoms with E-state index in [0.717, 1.165) is 22.1 Å². The highest BCUT2D eigenvalue weighted by molar-refractivity contribution is 9.10. The standard InChI is InChI=1S/C16H17BrN2O2/c1-11-6-7-13(8-15(11)17)9-18-10-14-4-3-5-16(12(14)2)19(20)21/h3-8,18H,9-10H2,1-2H3. The molecule has 0 amide bonds. The van der Waals surface area contributed by atoms with E-state index in [9.17, 15) is 10.1 Å². The van der Waals surface area contributed by atoms with E-state index in [1.54, 1.807) is 13.0 Å². The number of hydrogen-bond acceptors (Lipinski definition) is 3. The molecule has 4 nitrogen and oxygen atoms in total. The summed E-state index contributed by atoms with van der Waals surface area (Å²) in [7, 11) is 0. The lowest BCUT2D eigenvalue weighted by molar-refractivity contribution is -0.385. The second kappa shape index (κ2) is 6.83. The Morgan fingerprint density at radius 1 is 1.19 bits per heavy atom. The molecule has 0 spiro atoms. The summed E-state index contributed by atoms with van der Waals surface area (Å²) in [4.78, 5) is 10.6. The van der Waals surface area contributed by atoms with Crippen molar-refractivity contribution >= 4 is 21.6 Å². The summed E-state index contributed by atoms with van der Waals surface area (Å²) >= 11 is 3.52. The molecule has 0 aliphatic carbocycles. The van der Waals surface area contributed by atoms with E-state index in [1.165, 1.54) is 17.2 Å². The van der Waals surface area contributed by atoms with Crippen LogP contribution in [0.4, 0.5) is 5.69 Å². The quantitative estimate of drug-likeness (QED) is 0.648. The molecular weight excluding hydrogens is 332 g/mol. The molecule has 0 saturated carbocycles. The topological polar surface area (TPSA) is 55.2 Å². The molecule has 0 atom stereocenters. The van der Waals surface area contributed by atoms with Gasteiger partial charge < -0.3 is 5.32 Å². The number of halogens is 1. The third-order valence-corrected chi connectivity index (χ3v) is 4.35. The zero-order valence-electron chi connectivity index (χ0n) is 12.0. The summed E-state index contributed by atoms with van der Waals surface area (Å²) in [6, 6.07) is 11.4. The van der Waals surface area contributed by atoms with Gasteiger partial charge in [0.25, 0.3) is 5.69 Å². The van der Waals surface area contributed by atoms with Crippen molar-refractivity contribution in [1.29, 1.82) is 0 Å². The molecule has 0 aromatic heterocycles. The molecule has 0 unspecified atom stereocenters. The molecule has 1 N–H and O–H groups in total. The summed E-state index contributed by atoms with van der Waals surface area (Å²) in [6.45, 7) is 5.17. The number of nitro benzene ring substituents is 1. The van der Waals surface area contributed by atoms with Crippen molar-refractivity contribution in [2.24, 2.45) is 0 Å². The van der Waals surface area contributed by atoms with Crippen LogP contribution in [0.3, 0.4) is 0 Å². The van der Waals surface area contributed by atoms with Gasteiger partial charge in [-0.2, -0.15) is 0 Å². The van der Waals surface area contributed by atoms with Gasteiger partial charge in [-0.1, -0.05) is 40.2 Å². The van der Waals surface area contributed by atoms with Gasteiger partial charge in [0.05, 0.1) is 4.92 Å². The highest BCUT2D eigenvalue weighted by Gasteiger charge is 2.12. The Kier molecular flexibility index (Phi) is 5.09. The van der Waals surface area contributed by atoms with Gasteiger partial charge in [0.2, 0.25) is 0 Å². The zero-order valence-corrected chi connectivity index (χ0v) is 13.6. The lowest BCUT2D eigenvalue weighted by Crippen LogP contribution is -2.14. The first kappa shape index (κ1) is 15.7. The van der Waals surface area contributed by atoms with Crippen LogP contribution in [0.1, 0.15) is 22.3 Å². The Morgan fingerprint density at radius 3 is 2.62 bits per heavy atom. The summed E-state index contributed by atoms with van der Waals surface area (Å²) in [6.07, 6.45) is 0. The lowest BCUT2D eigenvalue weighted by Gasteiger charge is -2.09. The van der Waals surface area contributed by atoms with Crippen LogP contribution < -0.4 is 5.32 Å². The average Bonchev–Trinajstić information content (AvgIpc) is 2.44. The van der Waals surface area contributed by atoms with Gasteiger partial charge in [-0.25, -0.2) is 0 Å². The van der Waals surface area contributed by atoms with E-state index in [0.29, 0.717) is 6.54 Å². The minimum absolute atomic E-state index is 0.174.